The van der Waals surface area contributed by atoms with Crippen molar-refractivity contribution in [2.45, 2.75) is 13.0 Å². The van der Waals surface area contributed by atoms with Crippen LogP contribution in [0.2, 0.25) is 0 Å². The van der Waals surface area contributed by atoms with Crippen molar-refractivity contribution in [1.29, 1.82) is 0 Å². The molecule has 1 aromatic carbocycles. The fourth-order valence-corrected chi connectivity index (χ4v) is 1.94. The zero-order valence-corrected chi connectivity index (χ0v) is 9.40. The summed E-state index contributed by atoms with van der Waals surface area (Å²) < 4.78 is 0. The third-order valence-corrected chi connectivity index (χ3v) is 2.78. The molecule has 3 N–H and O–H groups in total. The maximum Gasteiger partial charge on any atom is 0.108 e. The molecule has 0 saturated carbocycles. The minimum Gasteiger partial charge on any atom is -0.323 e. The number of benzene rings is 1. The van der Waals surface area contributed by atoms with Crippen molar-refractivity contribution in [3.8, 4) is 0 Å². The maximum absolute atomic E-state index is 5.35. The second-order valence-electron chi connectivity index (χ2n) is 3.81. The maximum atomic E-state index is 5.35. The molecule has 0 saturated heterocycles. The van der Waals surface area contributed by atoms with E-state index in [9.17, 15) is 0 Å². The summed E-state index contributed by atoms with van der Waals surface area (Å²) in [6.07, 6.45) is 2.77. The van der Waals surface area contributed by atoms with Crippen LogP contribution in [0.4, 0.5) is 0 Å². The first kappa shape index (κ1) is 10.8. The van der Waals surface area contributed by atoms with E-state index in [2.05, 4.69) is 33.6 Å². The van der Waals surface area contributed by atoms with Crippen LogP contribution < -0.4 is 11.2 Å². The molecule has 4 nitrogen and oxygen atoms in total. The van der Waals surface area contributed by atoms with E-state index in [4.69, 9.17) is 5.84 Å². The Bertz CT molecular complexity index is 435. The van der Waals surface area contributed by atoms with Gasteiger partial charge >= 0.3 is 0 Å². The molecule has 0 unspecified atom stereocenters. The van der Waals surface area contributed by atoms with Crippen LogP contribution in [0.25, 0.3) is 0 Å². The molecule has 0 aliphatic carbocycles. The molecule has 1 heterocycles. The van der Waals surface area contributed by atoms with Crippen molar-refractivity contribution in [1.82, 2.24) is 5.32 Å². The van der Waals surface area contributed by atoms with Gasteiger partial charge in [-0.25, -0.2) is 0 Å². The molecule has 0 bridgehead atoms. The average Bonchev–Trinajstić information content (AvgIpc) is 2.35. The van der Waals surface area contributed by atoms with E-state index in [-0.39, 0.29) is 0 Å². The SMILES string of the molecule is CN=CC(=NN)c1ccc2c(c1)CNCC2. The fourth-order valence-electron chi connectivity index (χ4n) is 1.94. The summed E-state index contributed by atoms with van der Waals surface area (Å²) in [6, 6.07) is 6.34. The van der Waals surface area contributed by atoms with Gasteiger partial charge < -0.3 is 11.2 Å². The second kappa shape index (κ2) is 4.90. The molecule has 4 heteroatoms. The first-order valence-corrected chi connectivity index (χ1v) is 5.38. The molecular weight excluding hydrogens is 200 g/mol. The summed E-state index contributed by atoms with van der Waals surface area (Å²) in [5, 5.41) is 7.10. The molecule has 84 valence electrons. The average molecular weight is 216 g/mol. The molecule has 1 aliphatic rings. The Labute approximate surface area is 95.3 Å². The Kier molecular flexibility index (Phi) is 3.31. The number of aliphatic imine (C=N–C) groups is 1. The van der Waals surface area contributed by atoms with Gasteiger partial charge in [0.05, 0.1) is 0 Å². The molecule has 2 rings (SSSR count). The van der Waals surface area contributed by atoms with Crippen molar-refractivity contribution in [2.24, 2.45) is 15.9 Å². The van der Waals surface area contributed by atoms with Crippen molar-refractivity contribution in [3.63, 3.8) is 0 Å². The van der Waals surface area contributed by atoms with Gasteiger partial charge in [-0.05, 0) is 30.2 Å². The normalized spacial score (nSPS) is 16.4. The Hall–Kier alpha value is -1.68. The number of hydrazone groups is 1. The lowest BCUT2D eigenvalue weighted by molar-refractivity contribution is 0.643. The smallest absolute Gasteiger partial charge is 0.108 e. The predicted molar refractivity (Wildman–Crippen MR) is 67.0 cm³/mol. The van der Waals surface area contributed by atoms with E-state index in [1.54, 1.807) is 13.3 Å². The van der Waals surface area contributed by atoms with E-state index in [0.29, 0.717) is 0 Å². The first-order valence-electron chi connectivity index (χ1n) is 5.38. The van der Waals surface area contributed by atoms with Crippen molar-refractivity contribution < 1.29 is 0 Å². The minimum atomic E-state index is 0.718. The Morgan fingerprint density at radius 1 is 1.44 bits per heavy atom. The third kappa shape index (κ3) is 2.12. The highest BCUT2D eigenvalue weighted by molar-refractivity contribution is 6.38. The monoisotopic (exact) mass is 216 g/mol. The third-order valence-electron chi connectivity index (χ3n) is 2.78. The number of fused-ring (bicyclic) bond motifs is 1. The van der Waals surface area contributed by atoms with Crippen molar-refractivity contribution in [3.05, 3.63) is 34.9 Å². The largest absolute Gasteiger partial charge is 0.323 e. The van der Waals surface area contributed by atoms with E-state index in [0.717, 1.165) is 30.8 Å². The van der Waals surface area contributed by atoms with Crippen LogP contribution in [-0.2, 0) is 13.0 Å². The van der Waals surface area contributed by atoms with Gasteiger partial charge in [-0.15, -0.1) is 0 Å². The van der Waals surface area contributed by atoms with Gasteiger partial charge in [0.2, 0.25) is 0 Å². The highest BCUT2D eigenvalue weighted by atomic mass is 15.1. The molecule has 0 aromatic heterocycles. The van der Waals surface area contributed by atoms with Crippen LogP contribution in [0, 0.1) is 0 Å². The van der Waals surface area contributed by atoms with Gasteiger partial charge in [-0.3, -0.25) is 4.99 Å². The zero-order valence-electron chi connectivity index (χ0n) is 9.40. The quantitative estimate of drug-likeness (QED) is 0.434. The molecule has 1 aromatic rings. The molecule has 16 heavy (non-hydrogen) atoms. The molecule has 0 radical (unpaired) electrons. The van der Waals surface area contributed by atoms with Gasteiger partial charge in [0.25, 0.3) is 0 Å². The summed E-state index contributed by atoms with van der Waals surface area (Å²) in [5.74, 6) is 5.35. The highest BCUT2D eigenvalue weighted by Crippen LogP contribution is 2.16. The second-order valence-corrected chi connectivity index (χ2v) is 3.81. The number of hydrogen-bond donors (Lipinski definition) is 2. The summed E-state index contributed by atoms with van der Waals surface area (Å²) in [7, 11) is 1.71. The van der Waals surface area contributed by atoms with E-state index >= 15 is 0 Å². The van der Waals surface area contributed by atoms with Gasteiger partial charge in [0.1, 0.15) is 5.71 Å². The Balaban J connectivity index is 2.36. The standard InChI is InChI=1S/C12H16N4/c1-14-8-12(16-13)10-3-2-9-4-5-15-7-11(9)6-10/h2-3,6,8,15H,4-5,7,13H2,1H3. The Morgan fingerprint density at radius 3 is 3.06 bits per heavy atom. The van der Waals surface area contributed by atoms with Crippen LogP contribution >= 0.6 is 0 Å². The lowest BCUT2D eigenvalue weighted by Gasteiger charge is -2.17. The van der Waals surface area contributed by atoms with E-state index in [1.165, 1.54) is 11.1 Å². The van der Waals surface area contributed by atoms with Crippen LogP contribution in [0.15, 0.2) is 28.3 Å². The van der Waals surface area contributed by atoms with Crippen LogP contribution in [-0.4, -0.2) is 25.5 Å². The van der Waals surface area contributed by atoms with Gasteiger partial charge in [0.15, 0.2) is 0 Å². The molecule has 0 amide bonds. The lowest BCUT2D eigenvalue weighted by atomic mass is 9.97. The summed E-state index contributed by atoms with van der Waals surface area (Å²) in [4.78, 5) is 3.94. The van der Waals surface area contributed by atoms with Gasteiger partial charge in [-0.2, -0.15) is 5.10 Å². The lowest BCUT2D eigenvalue weighted by Crippen LogP contribution is -2.24. The fraction of sp³-hybridized carbons (Fsp3) is 0.333. The molecule has 0 spiro atoms. The topological polar surface area (TPSA) is 62.8 Å². The molecular formula is C12H16N4. The number of nitrogens with two attached hydrogens (primary N) is 1. The molecule has 0 fully saturated rings. The first-order chi connectivity index (χ1) is 7.85. The van der Waals surface area contributed by atoms with E-state index < -0.39 is 0 Å². The van der Waals surface area contributed by atoms with Crippen LogP contribution in [0.3, 0.4) is 0 Å². The summed E-state index contributed by atoms with van der Waals surface area (Å²) >= 11 is 0. The molecule has 1 aliphatic heterocycles. The predicted octanol–water partition coefficient (Wildman–Crippen LogP) is 0.696. The minimum absolute atomic E-state index is 0.718. The van der Waals surface area contributed by atoms with Crippen LogP contribution in [0.5, 0.6) is 0 Å². The van der Waals surface area contributed by atoms with E-state index in [1.807, 2.05) is 0 Å². The van der Waals surface area contributed by atoms with Crippen LogP contribution in [0.1, 0.15) is 16.7 Å². The summed E-state index contributed by atoms with van der Waals surface area (Å²) in [6.45, 7) is 1.98. The zero-order chi connectivity index (χ0) is 11.4. The number of nitrogens with one attached hydrogen (secondary N) is 1. The van der Waals surface area contributed by atoms with Crippen molar-refractivity contribution >= 4 is 11.9 Å². The number of hydrogen-bond acceptors (Lipinski definition) is 4. The summed E-state index contributed by atoms with van der Waals surface area (Å²) in [5.41, 5.74) is 4.48. The van der Waals surface area contributed by atoms with Gasteiger partial charge in [-0.1, -0.05) is 12.1 Å². The number of nitrogens with zero attached hydrogens (tertiary/aromatic N) is 2. The Morgan fingerprint density at radius 2 is 2.31 bits per heavy atom. The molecule has 0 atom stereocenters. The van der Waals surface area contributed by atoms with Crippen molar-refractivity contribution in [2.75, 3.05) is 13.6 Å². The number of rotatable bonds is 2. The van der Waals surface area contributed by atoms with Gasteiger partial charge in [0, 0.05) is 25.4 Å². The highest BCUT2D eigenvalue weighted by Gasteiger charge is 2.10.